The lowest BCUT2D eigenvalue weighted by Crippen LogP contribution is -2.16. The predicted octanol–water partition coefficient (Wildman–Crippen LogP) is 5.13. The Morgan fingerprint density at radius 2 is 1.86 bits per heavy atom. The summed E-state index contributed by atoms with van der Waals surface area (Å²) in [4.78, 5) is 22.6. The Morgan fingerprint density at radius 1 is 1.21 bits per heavy atom. The number of carbonyl (C=O) groups is 1. The molecular formula is C16H10ClF5N2O5. The summed E-state index contributed by atoms with van der Waals surface area (Å²) in [6.45, 7) is -3.32. The number of nitro groups is 1. The van der Waals surface area contributed by atoms with Gasteiger partial charge in [0.2, 0.25) is 0 Å². The Balaban J connectivity index is 2.46. The average Bonchev–Trinajstić information content (AvgIpc) is 2.61. The molecule has 7 nitrogen and oxygen atoms in total. The van der Waals surface area contributed by atoms with Gasteiger partial charge in [-0.15, -0.1) is 0 Å². The minimum atomic E-state index is -4.80. The van der Waals surface area contributed by atoms with Gasteiger partial charge in [0.25, 0.3) is 11.6 Å². The predicted molar refractivity (Wildman–Crippen MR) is 90.7 cm³/mol. The minimum Gasteiger partial charge on any atom is -0.493 e. The molecule has 13 heteroatoms. The Bertz CT molecular complexity index is 952. The molecule has 0 unspecified atom stereocenters. The first-order chi connectivity index (χ1) is 13.4. The van der Waals surface area contributed by atoms with Gasteiger partial charge in [0.15, 0.2) is 11.5 Å². The van der Waals surface area contributed by atoms with E-state index in [4.69, 9.17) is 16.3 Å². The zero-order chi connectivity index (χ0) is 21.9. The van der Waals surface area contributed by atoms with Crippen molar-refractivity contribution in [1.29, 1.82) is 0 Å². The van der Waals surface area contributed by atoms with Crippen LogP contribution in [0.25, 0.3) is 0 Å². The number of nitrogens with zero attached hydrogens (tertiary/aromatic N) is 1. The SMILES string of the molecule is COc1cc(C(=O)Nc2ccc(Cl)c(C(F)(F)F)c2)c([N+](=O)[O-])cc1OC(F)F. The Morgan fingerprint density at radius 3 is 2.38 bits per heavy atom. The fraction of sp³-hybridized carbons (Fsp3) is 0.188. The first kappa shape index (κ1) is 22.1. The number of alkyl halides is 5. The van der Waals surface area contributed by atoms with Crippen LogP contribution in [0.5, 0.6) is 11.5 Å². The summed E-state index contributed by atoms with van der Waals surface area (Å²) in [5.41, 5.74) is -3.17. The van der Waals surface area contributed by atoms with Crippen LogP contribution in [0.15, 0.2) is 30.3 Å². The second kappa shape index (κ2) is 8.47. The van der Waals surface area contributed by atoms with Crippen molar-refractivity contribution in [3.05, 3.63) is 56.6 Å². The zero-order valence-electron chi connectivity index (χ0n) is 14.2. The van der Waals surface area contributed by atoms with Gasteiger partial charge in [-0.25, -0.2) is 0 Å². The van der Waals surface area contributed by atoms with Crippen molar-refractivity contribution in [1.82, 2.24) is 0 Å². The Labute approximate surface area is 164 Å². The van der Waals surface area contributed by atoms with Crippen LogP contribution in [0.4, 0.5) is 33.3 Å². The summed E-state index contributed by atoms with van der Waals surface area (Å²) in [5.74, 6) is -2.31. The number of nitro benzene ring substituents is 1. The van der Waals surface area contributed by atoms with Gasteiger partial charge in [0, 0.05) is 11.8 Å². The maximum Gasteiger partial charge on any atom is 0.417 e. The molecule has 0 atom stereocenters. The third-order valence-electron chi connectivity index (χ3n) is 3.47. The number of carbonyl (C=O) groups excluding carboxylic acids is 1. The second-order valence-electron chi connectivity index (χ2n) is 5.30. The van der Waals surface area contributed by atoms with Crippen LogP contribution >= 0.6 is 11.6 Å². The number of methoxy groups -OCH3 is 1. The Hall–Kier alpha value is -3.15. The summed E-state index contributed by atoms with van der Waals surface area (Å²) in [6.07, 6.45) is -4.80. The third kappa shape index (κ3) is 5.22. The summed E-state index contributed by atoms with van der Waals surface area (Å²) < 4.78 is 72.6. The molecule has 0 bridgehead atoms. The summed E-state index contributed by atoms with van der Waals surface area (Å²) in [7, 11) is 1.04. The maximum atomic E-state index is 12.9. The van der Waals surface area contributed by atoms with Crippen molar-refractivity contribution in [2.75, 3.05) is 12.4 Å². The van der Waals surface area contributed by atoms with Gasteiger partial charge in [0.1, 0.15) is 5.56 Å². The summed E-state index contributed by atoms with van der Waals surface area (Å²) in [5, 5.41) is 12.7. The molecule has 0 spiro atoms. The van der Waals surface area contributed by atoms with Crippen LogP contribution < -0.4 is 14.8 Å². The van der Waals surface area contributed by atoms with Gasteiger partial charge in [-0.3, -0.25) is 14.9 Å². The fourth-order valence-electron chi connectivity index (χ4n) is 2.25. The zero-order valence-corrected chi connectivity index (χ0v) is 15.0. The molecule has 2 aromatic carbocycles. The van der Waals surface area contributed by atoms with Crippen molar-refractivity contribution in [3.63, 3.8) is 0 Å². The monoisotopic (exact) mass is 440 g/mol. The number of hydrogen-bond donors (Lipinski definition) is 1. The highest BCUT2D eigenvalue weighted by Crippen LogP contribution is 2.38. The number of rotatable bonds is 6. The van der Waals surface area contributed by atoms with Crippen molar-refractivity contribution >= 4 is 28.9 Å². The van der Waals surface area contributed by atoms with Gasteiger partial charge in [-0.05, 0) is 18.2 Å². The molecule has 0 aliphatic carbocycles. The van der Waals surface area contributed by atoms with E-state index in [1.165, 1.54) is 0 Å². The van der Waals surface area contributed by atoms with E-state index in [1.807, 2.05) is 0 Å². The van der Waals surface area contributed by atoms with Crippen molar-refractivity contribution in [2.45, 2.75) is 12.8 Å². The first-order valence-electron chi connectivity index (χ1n) is 7.43. The molecule has 0 radical (unpaired) electrons. The van der Waals surface area contributed by atoms with Gasteiger partial charge < -0.3 is 14.8 Å². The highest BCUT2D eigenvalue weighted by atomic mass is 35.5. The Kier molecular flexibility index (Phi) is 6.47. The molecule has 0 heterocycles. The highest BCUT2D eigenvalue weighted by Gasteiger charge is 2.34. The van der Waals surface area contributed by atoms with E-state index in [-0.39, 0.29) is 5.69 Å². The van der Waals surface area contributed by atoms with Gasteiger partial charge in [0.05, 0.1) is 28.7 Å². The van der Waals surface area contributed by atoms with E-state index in [0.29, 0.717) is 12.1 Å². The van der Waals surface area contributed by atoms with Gasteiger partial charge >= 0.3 is 12.8 Å². The highest BCUT2D eigenvalue weighted by molar-refractivity contribution is 6.31. The lowest BCUT2D eigenvalue weighted by atomic mass is 10.1. The summed E-state index contributed by atoms with van der Waals surface area (Å²) in [6, 6.07) is 3.77. The van der Waals surface area contributed by atoms with E-state index in [2.05, 4.69) is 10.1 Å². The smallest absolute Gasteiger partial charge is 0.417 e. The van der Waals surface area contributed by atoms with Crippen LogP contribution in [-0.2, 0) is 6.18 Å². The van der Waals surface area contributed by atoms with Crippen LogP contribution in [0.1, 0.15) is 15.9 Å². The lowest BCUT2D eigenvalue weighted by molar-refractivity contribution is -0.385. The number of ether oxygens (including phenoxy) is 2. The molecule has 156 valence electrons. The molecular weight excluding hydrogens is 431 g/mol. The molecule has 1 N–H and O–H groups in total. The van der Waals surface area contributed by atoms with E-state index in [1.54, 1.807) is 0 Å². The minimum absolute atomic E-state index is 0.354. The molecule has 0 saturated heterocycles. The van der Waals surface area contributed by atoms with E-state index >= 15 is 0 Å². The lowest BCUT2D eigenvalue weighted by Gasteiger charge is -2.13. The molecule has 0 saturated carbocycles. The number of halogens is 6. The number of hydrogen-bond acceptors (Lipinski definition) is 5. The van der Waals surface area contributed by atoms with Gasteiger partial charge in [-0.1, -0.05) is 11.6 Å². The van der Waals surface area contributed by atoms with E-state index in [0.717, 1.165) is 25.3 Å². The van der Waals surface area contributed by atoms with Crippen LogP contribution in [-0.4, -0.2) is 24.6 Å². The normalized spacial score (nSPS) is 11.3. The molecule has 0 fully saturated rings. The largest absolute Gasteiger partial charge is 0.493 e. The standard InChI is InChI=1S/C16H10ClF5N2O5/c1-28-12-5-8(11(24(26)27)6-13(12)29-15(18)19)14(25)23-7-2-3-10(17)9(4-7)16(20,21)22/h2-6,15H,1H3,(H,23,25). The summed E-state index contributed by atoms with van der Waals surface area (Å²) >= 11 is 5.49. The quantitative estimate of drug-likeness (QED) is 0.382. The van der Waals surface area contributed by atoms with Crippen molar-refractivity contribution in [2.24, 2.45) is 0 Å². The molecule has 1 amide bonds. The van der Waals surface area contributed by atoms with Crippen LogP contribution in [0.3, 0.4) is 0 Å². The maximum absolute atomic E-state index is 12.9. The van der Waals surface area contributed by atoms with E-state index in [9.17, 15) is 36.9 Å². The number of nitrogens with one attached hydrogen (secondary N) is 1. The third-order valence-corrected chi connectivity index (χ3v) is 3.80. The molecule has 0 aliphatic rings. The second-order valence-corrected chi connectivity index (χ2v) is 5.71. The molecule has 2 aromatic rings. The fourth-order valence-corrected chi connectivity index (χ4v) is 2.47. The molecule has 2 rings (SSSR count). The van der Waals surface area contributed by atoms with Gasteiger partial charge in [-0.2, -0.15) is 22.0 Å². The van der Waals surface area contributed by atoms with Crippen molar-refractivity contribution < 1.29 is 41.1 Å². The average molecular weight is 441 g/mol. The molecule has 29 heavy (non-hydrogen) atoms. The molecule has 0 aliphatic heterocycles. The topological polar surface area (TPSA) is 90.7 Å². The molecule has 0 aromatic heterocycles. The number of benzene rings is 2. The first-order valence-corrected chi connectivity index (χ1v) is 7.81. The number of amides is 1. The van der Waals surface area contributed by atoms with Crippen molar-refractivity contribution in [3.8, 4) is 11.5 Å². The van der Waals surface area contributed by atoms with E-state index < -0.39 is 57.0 Å². The van der Waals surface area contributed by atoms with Crippen LogP contribution in [0, 0.1) is 10.1 Å². The number of anilines is 1. The van der Waals surface area contributed by atoms with Crippen LogP contribution in [0.2, 0.25) is 5.02 Å².